The largest absolute Gasteiger partial charge is 0.298 e. The van der Waals surface area contributed by atoms with E-state index in [4.69, 9.17) is 0 Å². The molecule has 0 unspecified atom stereocenters. The van der Waals surface area contributed by atoms with Crippen molar-refractivity contribution in [1.29, 1.82) is 0 Å². The highest BCUT2D eigenvalue weighted by Gasteiger charge is 2.50. The number of hydrogen-bond acceptors (Lipinski definition) is 1. The fraction of sp³-hybridized carbons (Fsp3) is 0.800. The fourth-order valence-electron chi connectivity index (χ4n) is 4.23. The molecule has 0 amide bonds. The van der Waals surface area contributed by atoms with E-state index >= 15 is 0 Å². The summed E-state index contributed by atoms with van der Waals surface area (Å²) in [5.41, 5.74) is 1.82. The molecule has 16 heavy (non-hydrogen) atoms. The van der Waals surface area contributed by atoms with Gasteiger partial charge in [-0.1, -0.05) is 40.2 Å². The first kappa shape index (κ1) is 11.9. The van der Waals surface area contributed by atoms with E-state index in [2.05, 4.69) is 33.8 Å². The summed E-state index contributed by atoms with van der Waals surface area (Å²) < 4.78 is 0. The lowest BCUT2D eigenvalue weighted by Gasteiger charge is -2.55. The molecule has 2 aliphatic rings. The van der Waals surface area contributed by atoms with Crippen LogP contribution in [0.25, 0.3) is 0 Å². The zero-order chi connectivity index (χ0) is 12.0. The molecule has 0 aromatic heterocycles. The number of allylic oxidation sites excluding steroid dienone is 2. The van der Waals surface area contributed by atoms with Crippen LogP contribution in [-0.4, -0.2) is 6.29 Å². The molecule has 1 saturated carbocycles. The maximum Gasteiger partial charge on any atom is 0.145 e. The minimum atomic E-state index is 0.340. The summed E-state index contributed by atoms with van der Waals surface area (Å²) in [6.45, 7) is 9.45. The van der Waals surface area contributed by atoms with E-state index in [1.807, 2.05) is 0 Å². The normalized spacial score (nSPS) is 42.1. The molecule has 3 atom stereocenters. The molecule has 1 fully saturated rings. The number of aldehydes is 1. The van der Waals surface area contributed by atoms with E-state index in [9.17, 15) is 4.79 Å². The van der Waals surface area contributed by atoms with Gasteiger partial charge in [-0.15, -0.1) is 0 Å². The van der Waals surface area contributed by atoms with Crippen LogP contribution in [0, 0.1) is 22.7 Å². The number of rotatable bonds is 1. The van der Waals surface area contributed by atoms with Crippen molar-refractivity contribution in [3.8, 4) is 0 Å². The summed E-state index contributed by atoms with van der Waals surface area (Å²) in [7, 11) is 0. The molecule has 2 aliphatic carbocycles. The first-order valence-corrected chi connectivity index (χ1v) is 6.57. The van der Waals surface area contributed by atoms with Gasteiger partial charge in [-0.2, -0.15) is 0 Å². The predicted octanol–water partition coefficient (Wildman–Crippen LogP) is 3.98. The van der Waals surface area contributed by atoms with Crippen molar-refractivity contribution in [2.24, 2.45) is 22.7 Å². The lowest BCUT2D eigenvalue weighted by molar-refractivity contribution is -0.107. The number of fused-ring (bicyclic) bond motifs is 1. The molecule has 0 radical (unpaired) electrons. The Bertz CT molecular complexity index is 326. The Labute approximate surface area is 99.3 Å². The summed E-state index contributed by atoms with van der Waals surface area (Å²) in [5.74, 6) is 1.18. The molecule has 0 aromatic rings. The fourth-order valence-corrected chi connectivity index (χ4v) is 4.23. The van der Waals surface area contributed by atoms with E-state index in [-0.39, 0.29) is 0 Å². The van der Waals surface area contributed by atoms with Crippen molar-refractivity contribution >= 4 is 6.29 Å². The molecule has 0 aromatic carbocycles. The van der Waals surface area contributed by atoms with Crippen molar-refractivity contribution < 1.29 is 4.79 Å². The second-order valence-electron chi connectivity index (χ2n) is 6.68. The maximum atomic E-state index is 11.1. The second-order valence-corrected chi connectivity index (χ2v) is 6.68. The molecule has 0 aliphatic heterocycles. The van der Waals surface area contributed by atoms with Crippen molar-refractivity contribution in [2.75, 3.05) is 0 Å². The summed E-state index contributed by atoms with van der Waals surface area (Å²) in [6, 6.07) is 0. The van der Waals surface area contributed by atoms with Crippen molar-refractivity contribution in [3.05, 3.63) is 11.6 Å². The van der Waals surface area contributed by atoms with Crippen LogP contribution < -0.4 is 0 Å². The first-order chi connectivity index (χ1) is 7.42. The van der Waals surface area contributed by atoms with Crippen LogP contribution in [0.4, 0.5) is 0 Å². The minimum Gasteiger partial charge on any atom is -0.298 e. The van der Waals surface area contributed by atoms with Crippen molar-refractivity contribution in [2.45, 2.75) is 53.4 Å². The molecule has 0 saturated heterocycles. The van der Waals surface area contributed by atoms with Crippen LogP contribution in [0.3, 0.4) is 0 Å². The van der Waals surface area contributed by atoms with Gasteiger partial charge in [0.25, 0.3) is 0 Å². The molecule has 90 valence electrons. The molecule has 1 nitrogen and oxygen atoms in total. The molecular weight excluding hydrogens is 196 g/mol. The second kappa shape index (κ2) is 3.72. The Morgan fingerprint density at radius 2 is 2.00 bits per heavy atom. The molecule has 1 heteroatoms. The Morgan fingerprint density at radius 3 is 2.62 bits per heavy atom. The minimum absolute atomic E-state index is 0.340. The lowest BCUT2D eigenvalue weighted by atomic mass is 9.49. The maximum absolute atomic E-state index is 11.1. The van der Waals surface area contributed by atoms with Gasteiger partial charge in [-0.05, 0) is 47.5 Å². The number of carbonyl (C=O) groups excluding carboxylic acids is 1. The van der Waals surface area contributed by atoms with Gasteiger partial charge in [0, 0.05) is 0 Å². The lowest BCUT2D eigenvalue weighted by Crippen LogP contribution is -2.48. The molecule has 0 N–H and O–H groups in total. The molecule has 0 spiro atoms. The van der Waals surface area contributed by atoms with E-state index in [0.29, 0.717) is 16.7 Å². The van der Waals surface area contributed by atoms with Gasteiger partial charge in [-0.25, -0.2) is 0 Å². The molecule has 0 bridgehead atoms. The van der Waals surface area contributed by atoms with E-state index < -0.39 is 0 Å². The van der Waals surface area contributed by atoms with E-state index in [0.717, 1.165) is 24.2 Å². The van der Waals surface area contributed by atoms with Crippen LogP contribution in [0.15, 0.2) is 11.6 Å². The van der Waals surface area contributed by atoms with Gasteiger partial charge >= 0.3 is 0 Å². The Morgan fingerprint density at radius 1 is 1.31 bits per heavy atom. The third-order valence-electron chi connectivity index (χ3n) is 5.49. The van der Waals surface area contributed by atoms with E-state index in [1.165, 1.54) is 19.3 Å². The monoisotopic (exact) mass is 220 g/mol. The Hall–Kier alpha value is -0.590. The highest BCUT2D eigenvalue weighted by molar-refractivity contribution is 5.74. The summed E-state index contributed by atoms with van der Waals surface area (Å²) in [5, 5.41) is 0. The van der Waals surface area contributed by atoms with Crippen molar-refractivity contribution in [3.63, 3.8) is 0 Å². The number of carbonyl (C=O) groups is 1. The zero-order valence-corrected chi connectivity index (χ0v) is 11.0. The summed E-state index contributed by atoms with van der Waals surface area (Å²) >= 11 is 0. The Kier molecular flexibility index (Phi) is 2.76. The topological polar surface area (TPSA) is 17.1 Å². The van der Waals surface area contributed by atoms with Crippen LogP contribution >= 0.6 is 0 Å². The number of hydrogen-bond donors (Lipinski definition) is 0. The van der Waals surface area contributed by atoms with Crippen molar-refractivity contribution in [1.82, 2.24) is 0 Å². The predicted molar refractivity (Wildman–Crippen MR) is 67.2 cm³/mol. The van der Waals surface area contributed by atoms with Crippen LogP contribution in [-0.2, 0) is 4.79 Å². The quantitative estimate of drug-likeness (QED) is 0.611. The Balaban J connectivity index is 2.39. The third kappa shape index (κ3) is 1.56. The highest BCUT2D eigenvalue weighted by atomic mass is 16.1. The standard InChI is InChI=1S/C15H24O/c1-11-12(10-16)6-7-13-14(2,3)8-5-9-15(11,13)4/h6,10-11,13H,5,7-9H2,1-4H3/t11-,13-,15+/m0/s1. The van der Waals surface area contributed by atoms with Gasteiger partial charge < -0.3 is 0 Å². The van der Waals surface area contributed by atoms with Gasteiger partial charge in [0.05, 0.1) is 0 Å². The average Bonchev–Trinajstić information content (AvgIpc) is 2.20. The average molecular weight is 220 g/mol. The van der Waals surface area contributed by atoms with Crippen LogP contribution in [0.2, 0.25) is 0 Å². The van der Waals surface area contributed by atoms with Gasteiger partial charge in [0.2, 0.25) is 0 Å². The molecule has 0 heterocycles. The van der Waals surface area contributed by atoms with Gasteiger partial charge in [0.1, 0.15) is 6.29 Å². The SMILES string of the molecule is C[C@H]1C(C=O)=CC[C@H]2C(C)(C)CCC[C@]12C. The van der Waals surface area contributed by atoms with Gasteiger partial charge in [0.15, 0.2) is 0 Å². The molecule has 2 rings (SSSR count). The summed E-state index contributed by atoms with van der Waals surface area (Å²) in [4.78, 5) is 11.1. The zero-order valence-electron chi connectivity index (χ0n) is 11.0. The summed E-state index contributed by atoms with van der Waals surface area (Å²) in [6.07, 6.45) is 8.31. The smallest absolute Gasteiger partial charge is 0.145 e. The first-order valence-electron chi connectivity index (χ1n) is 6.57. The van der Waals surface area contributed by atoms with E-state index in [1.54, 1.807) is 0 Å². The highest BCUT2D eigenvalue weighted by Crippen LogP contribution is 2.59. The van der Waals surface area contributed by atoms with Crippen LogP contribution in [0.1, 0.15) is 53.4 Å². The van der Waals surface area contributed by atoms with Gasteiger partial charge in [-0.3, -0.25) is 4.79 Å². The molecular formula is C15H24O. The van der Waals surface area contributed by atoms with Crippen LogP contribution in [0.5, 0.6) is 0 Å². The third-order valence-corrected chi connectivity index (χ3v) is 5.49.